The van der Waals surface area contributed by atoms with E-state index in [-0.39, 0.29) is 19.3 Å². The van der Waals surface area contributed by atoms with E-state index in [1.165, 1.54) is 11.1 Å². The van der Waals surface area contributed by atoms with Gasteiger partial charge in [0.15, 0.2) is 6.04 Å². The van der Waals surface area contributed by atoms with Crippen molar-refractivity contribution >= 4 is 17.7 Å². The number of rotatable bonds is 4. The van der Waals surface area contributed by atoms with Crippen LogP contribution >= 0.6 is 0 Å². The fourth-order valence-electron chi connectivity index (χ4n) is 2.43. The number of carbonyl (C=O) groups is 2. The van der Waals surface area contributed by atoms with Gasteiger partial charge in [-0.2, -0.15) is 0 Å². The predicted molar refractivity (Wildman–Crippen MR) is 84.2 cm³/mol. The second-order valence-electron chi connectivity index (χ2n) is 5.90. The minimum absolute atomic E-state index is 0.0111. The van der Waals surface area contributed by atoms with Crippen LogP contribution in [0.2, 0.25) is 0 Å². The van der Waals surface area contributed by atoms with Crippen LogP contribution in [0.25, 0.3) is 0 Å². The van der Waals surface area contributed by atoms with E-state index >= 15 is 0 Å². The highest BCUT2D eigenvalue weighted by molar-refractivity contribution is 5.92. The number of carbonyl (C=O) groups excluding carboxylic acids is 1. The molecule has 23 heavy (non-hydrogen) atoms. The van der Waals surface area contributed by atoms with Gasteiger partial charge in [0.05, 0.1) is 24.6 Å². The molecule has 1 fully saturated rings. The maximum absolute atomic E-state index is 12.4. The molecule has 1 aliphatic heterocycles. The van der Waals surface area contributed by atoms with Crippen molar-refractivity contribution in [3.8, 4) is 0 Å². The summed E-state index contributed by atoms with van der Waals surface area (Å²) < 4.78 is 5.32. The van der Waals surface area contributed by atoms with E-state index < -0.39 is 18.0 Å². The third kappa shape index (κ3) is 4.64. The van der Waals surface area contributed by atoms with Crippen molar-refractivity contribution in [3.63, 3.8) is 0 Å². The molecule has 2 amide bonds. The number of hydrogen-bond donors (Lipinski definition) is 2. The van der Waals surface area contributed by atoms with Gasteiger partial charge >= 0.3 is 12.0 Å². The Morgan fingerprint density at radius 1 is 1.48 bits per heavy atom. The first-order valence-corrected chi connectivity index (χ1v) is 7.37. The van der Waals surface area contributed by atoms with Crippen molar-refractivity contribution in [2.24, 2.45) is 0 Å². The van der Waals surface area contributed by atoms with Crippen molar-refractivity contribution < 1.29 is 19.4 Å². The van der Waals surface area contributed by atoms with Crippen molar-refractivity contribution in [3.05, 3.63) is 24.0 Å². The first-order valence-electron chi connectivity index (χ1n) is 7.37. The first-order chi connectivity index (χ1) is 10.9. The van der Waals surface area contributed by atoms with E-state index in [9.17, 15) is 14.7 Å². The van der Waals surface area contributed by atoms with E-state index in [4.69, 9.17) is 4.74 Å². The summed E-state index contributed by atoms with van der Waals surface area (Å²) >= 11 is 0. The zero-order valence-corrected chi connectivity index (χ0v) is 13.5. The summed E-state index contributed by atoms with van der Waals surface area (Å²) in [5.74, 6) is -1.08. The van der Waals surface area contributed by atoms with Crippen LogP contribution in [0.5, 0.6) is 0 Å². The molecule has 2 heterocycles. The molecule has 0 unspecified atom stereocenters. The summed E-state index contributed by atoms with van der Waals surface area (Å²) in [5.41, 5.74) is 1.50. The lowest BCUT2D eigenvalue weighted by atomic mass is 10.2. The smallest absolute Gasteiger partial charge is 0.328 e. The highest BCUT2D eigenvalue weighted by Gasteiger charge is 2.35. The molecule has 2 N–H and O–H groups in total. The third-order valence-corrected chi connectivity index (χ3v) is 3.46. The molecule has 0 bridgehead atoms. The maximum Gasteiger partial charge on any atom is 0.328 e. The second kappa shape index (κ2) is 7.38. The second-order valence-corrected chi connectivity index (χ2v) is 5.90. The molecule has 2 rings (SSSR count). The molecule has 1 saturated heterocycles. The van der Waals surface area contributed by atoms with Gasteiger partial charge in [0.1, 0.15) is 0 Å². The lowest BCUT2D eigenvalue weighted by Gasteiger charge is -2.36. The van der Waals surface area contributed by atoms with Crippen LogP contribution in [0.4, 0.5) is 10.5 Å². The number of amides is 2. The average molecular weight is 322 g/mol. The van der Waals surface area contributed by atoms with Gasteiger partial charge in [0, 0.05) is 19.3 Å². The normalized spacial score (nSPS) is 21.3. The Morgan fingerprint density at radius 3 is 2.87 bits per heavy atom. The number of aliphatic carboxylic acids is 1. The number of morpholine rings is 1. The van der Waals surface area contributed by atoms with Crippen molar-refractivity contribution in [1.82, 2.24) is 14.8 Å². The molecule has 126 valence electrons. The summed E-state index contributed by atoms with van der Waals surface area (Å²) in [4.78, 5) is 31.1. The molecular formula is C15H22N4O4. The van der Waals surface area contributed by atoms with Gasteiger partial charge in [-0.15, -0.1) is 0 Å². The lowest BCUT2D eigenvalue weighted by molar-refractivity contribution is -0.149. The third-order valence-electron chi connectivity index (χ3n) is 3.46. The first kappa shape index (κ1) is 17.2. The zero-order valence-electron chi connectivity index (χ0n) is 13.5. The molecule has 2 atom stereocenters. The predicted octanol–water partition coefficient (Wildman–Crippen LogP) is 0.849. The topological polar surface area (TPSA) is 95.0 Å². The number of nitrogens with one attached hydrogen (secondary N) is 1. The average Bonchev–Trinajstić information content (AvgIpc) is 2.46. The number of urea groups is 1. The number of pyridine rings is 1. The number of carboxylic acid groups (broad SMARTS) is 1. The number of hydrogen-bond acceptors (Lipinski definition) is 5. The Labute approximate surface area is 135 Å². The van der Waals surface area contributed by atoms with Gasteiger partial charge in [-0.05, 0) is 32.6 Å². The summed E-state index contributed by atoms with van der Waals surface area (Å²) in [7, 11) is 3.88. The molecular weight excluding hydrogens is 300 g/mol. The molecule has 0 radical (unpaired) electrons. The number of anilines is 1. The zero-order chi connectivity index (χ0) is 17.0. The minimum atomic E-state index is -1.08. The van der Waals surface area contributed by atoms with Crippen LogP contribution in [0.3, 0.4) is 0 Å². The van der Waals surface area contributed by atoms with Crippen LogP contribution in [0.15, 0.2) is 18.5 Å². The number of aromatic nitrogens is 1. The van der Waals surface area contributed by atoms with Gasteiger partial charge in [-0.1, -0.05) is 0 Å². The molecule has 0 spiro atoms. The summed E-state index contributed by atoms with van der Waals surface area (Å²) in [5, 5.41) is 12.0. The standard InChI is InChI=1S/C15H22N4O4/c1-10-7-19(13(9-23-10)14(20)21)15(22)17-12-4-11(5-16-6-12)8-18(2)3/h4-6,10,13H,7-9H2,1-3H3,(H,17,22)(H,20,21)/t10-,13-/m0/s1. The molecule has 0 aromatic carbocycles. The van der Waals surface area contributed by atoms with Crippen molar-refractivity contribution in [2.75, 3.05) is 32.6 Å². The molecule has 1 aromatic heterocycles. The van der Waals surface area contributed by atoms with Gasteiger partial charge in [-0.25, -0.2) is 9.59 Å². The molecule has 1 aromatic rings. The van der Waals surface area contributed by atoms with Crippen molar-refractivity contribution in [2.45, 2.75) is 25.6 Å². The number of ether oxygens (including phenoxy) is 1. The van der Waals surface area contributed by atoms with Crippen LogP contribution < -0.4 is 5.32 Å². The van der Waals surface area contributed by atoms with Crippen LogP contribution in [-0.4, -0.2) is 71.3 Å². The van der Waals surface area contributed by atoms with Gasteiger partial charge in [0.25, 0.3) is 0 Å². The summed E-state index contributed by atoms with van der Waals surface area (Å²) in [6.07, 6.45) is 3.07. The highest BCUT2D eigenvalue weighted by Crippen LogP contribution is 2.16. The molecule has 8 heteroatoms. The molecule has 0 saturated carbocycles. The van der Waals surface area contributed by atoms with Gasteiger partial charge < -0.3 is 25.0 Å². The monoisotopic (exact) mass is 322 g/mol. The van der Waals surface area contributed by atoms with E-state index in [2.05, 4.69) is 10.3 Å². The van der Waals surface area contributed by atoms with Crippen LogP contribution in [0, 0.1) is 0 Å². The van der Waals surface area contributed by atoms with E-state index in [0.717, 1.165) is 5.56 Å². The van der Waals surface area contributed by atoms with Crippen LogP contribution in [-0.2, 0) is 16.1 Å². The molecule has 0 aliphatic carbocycles. The maximum atomic E-state index is 12.4. The fraction of sp³-hybridized carbons (Fsp3) is 0.533. The number of carboxylic acids is 1. The Hall–Kier alpha value is -2.19. The lowest BCUT2D eigenvalue weighted by Crippen LogP contribution is -2.56. The molecule has 1 aliphatic rings. The van der Waals surface area contributed by atoms with E-state index in [1.807, 2.05) is 25.1 Å². The van der Waals surface area contributed by atoms with Gasteiger partial charge in [-0.3, -0.25) is 4.98 Å². The van der Waals surface area contributed by atoms with Crippen molar-refractivity contribution in [1.29, 1.82) is 0 Å². The Bertz CT molecular complexity index is 578. The molecule has 8 nitrogen and oxygen atoms in total. The van der Waals surface area contributed by atoms with Crippen LogP contribution in [0.1, 0.15) is 12.5 Å². The summed E-state index contributed by atoms with van der Waals surface area (Å²) in [6, 6.07) is 0.380. The minimum Gasteiger partial charge on any atom is -0.480 e. The van der Waals surface area contributed by atoms with Gasteiger partial charge in [0.2, 0.25) is 0 Å². The Kier molecular flexibility index (Phi) is 5.51. The van der Waals surface area contributed by atoms with E-state index in [0.29, 0.717) is 12.2 Å². The van der Waals surface area contributed by atoms with E-state index in [1.54, 1.807) is 13.1 Å². The Balaban J connectivity index is 2.09. The number of nitrogens with zero attached hydrogens (tertiary/aromatic N) is 3. The quantitative estimate of drug-likeness (QED) is 0.853. The SMILES string of the molecule is C[C@H]1CN(C(=O)Nc2cncc(CN(C)C)c2)[C@H](C(=O)O)CO1. The Morgan fingerprint density at radius 2 is 2.22 bits per heavy atom. The summed E-state index contributed by atoms with van der Waals surface area (Å²) in [6.45, 7) is 2.72. The largest absolute Gasteiger partial charge is 0.480 e. The highest BCUT2D eigenvalue weighted by atomic mass is 16.5. The fourth-order valence-corrected chi connectivity index (χ4v) is 2.43.